The molecule has 3 aromatic carbocycles. The van der Waals surface area contributed by atoms with E-state index in [4.69, 9.17) is 29.0 Å². The van der Waals surface area contributed by atoms with Gasteiger partial charge in [-0.3, -0.25) is 10.2 Å². The molecule has 0 fully saturated rings. The van der Waals surface area contributed by atoms with Crippen LogP contribution < -0.4 is 25.1 Å². The number of benzene rings is 3. The van der Waals surface area contributed by atoms with Gasteiger partial charge in [0.1, 0.15) is 5.75 Å². The van der Waals surface area contributed by atoms with E-state index in [1.807, 2.05) is 12.1 Å². The van der Waals surface area contributed by atoms with Crippen molar-refractivity contribution < 1.29 is 28.8 Å². The van der Waals surface area contributed by atoms with Crippen molar-refractivity contribution in [2.45, 2.75) is 31.0 Å². The molecule has 0 aliphatic carbocycles. The fourth-order valence-corrected chi connectivity index (χ4v) is 4.69. The molecule has 224 valence electrons. The zero-order valence-corrected chi connectivity index (χ0v) is 24.0. The Morgan fingerprint density at radius 3 is 2.63 bits per heavy atom. The van der Waals surface area contributed by atoms with Gasteiger partial charge in [0.2, 0.25) is 5.90 Å². The zero-order valence-electron chi connectivity index (χ0n) is 24.0. The van der Waals surface area contributed by atoms with E-state index in [1.165, 1.54) is 0 Å². The van der Waals surface area contributed by atoms with E-state index in [2.05, 4.69) is 27.5 Å². The first-order valence-corrected chi connectivity index (χ1v) is 13.6. The molecule has 0 aromatic heterocycles. The van der Waals surface area contributed by atoms with E-state index in [1.54, 1.807) is 74.9 Å². The van der Waals surface area contributed by atoms with Crippen LogP contribution in [0.25, 0.3) is 10.4 Å². The number of methoxy groups -OCH3 is 2. The Bertz CT molecular complexity index is 1500. The van der Waals surface area contributed by atoms with Crippen LogP contribution in [0.15, 0.2) is 89.5 Å². The number of nitrogens with zero attached hydrogens (tertiary/aromatic N) is 4. The van der Waals surface area contributed by atoms with E-state index in [0.29, 0.717) is 47.1 Å². The monoisotopic (exact) mass is 586 g/mol. The minimum atomic E-state index is -1.49. The molecule has 43 heavy (non-hydrogen) atoms. The normalized spacial score (nSPS) is 17.2. The Labute approximate surface area is 249 Å². The van der Waals surface area contributed by atoms with Gasteiger partial charge in [-0.25, -0.2) is 10.4 Å². The number of nitrogens with one attached hydrogen (secondary N) is 2. The summed E-state index contributed by atoms with van der Waals surface area (Å²) in [6.45, 7) is 4.58. The predicted octanol–water partition coefficient (Wildman–Crippen LogP) is 5.06. The van der Waals surface area contributed by atoms with Crippen LogP contribution in [-0.4, -0.2) is 49.9 Å². The first-order chi connectivity index (χ1) is 21.0. The number of aliphatic hydroxyl groups excluding tert-OH is 1. The maximum absolute atomic E-state index is 14.0. The summed E-state index contributed by atoms with van der Waals surface area (Å²) in [5.41, 5.74) is 15.8. The number of carbonyl (C=O) groups is 1. The maximum Gasteiger partial charge on any atom is 0.266 e. The second-order valence-corrected chi connectivity index (χ2v) is 9.53. The smallest absolute Gasteiger partial charge is 0.266 e. The number of carbonyl (C=O) groups excluding carboxylic acids is 1. The van der Waals surface area contributed by atoms with Crippen molar-refractivity contribution >= 4 is 17.5 Å². The highest BCUT2D eigenvalue weighted by molar-refractivity contribution is 6.01. The summed E-state index contributed by atoms with van der Waals surface area (Å²) in [5.74, 6) is 1.55. The quantitative estimate of drug-likeness (QED) is 0.0560. The van der Waals surface area contributed by atoms with Crippen molar-refractivity contribution in [2.24, 2.45) is 10.1 Å². The first kappa shape index (κ1) is 30.9. The fourth-order valence-electron chi connectivity index (χ4n) is 4.69. The lowest BCUT2D eigenvalue weighted by atomic mass is 9.84. The molecule has 0 bridgehead atoms. The molecule has 4 rings (SSSR count). The van der Waals surface area contributed by atoms with Gasteiger partial charge < -0.3 is 24.1 Å². The maximum atomic E-state index is 14.0. The van der Waals surface area contributed by atoms with E-state index in [9.17, 15) is 10.3 Å². The number of azide groups is 1. The molecular formula is C31H34N6O6. The van der Waals surface area contributed by atoms with Crippen molar-refractivity contribution in [1.29, 1.82) is 0 Å². The molecule has 12 nitrogen and oxygen atoms in total. The van der Waals surface area contributed by atoms with Crippen LogP contribution in [0.4, 0.5) is 5.69 Å². The molecule has 2 atom stereocenters. The van der Waals surface area contributed by atoms with Crippen molar-refractivity contribution in [3.05, 3.63) is 107 Å². The number of aliphatic imine (C=N–C) groups is 1. The third-order valence-corrected chi connectivity index (χ3v) is 6.80. The van der Waals surface area contributed by atoms with E-state index in [0.717, 1.165) is 5.56 Å². The van der Waals surface area contributed by atoms with E-state index in [-0.39, 0.29) is 25.5 Å². The molecular weight excluding hydrogens is 552 g/mol. The summed E-state index contributed by atoms with van der Waals surface area (Å²) in [6.07, 6.45) is 1.30. The third kappa shape index (κ3) is 7.07. The summed E-state index contributed by atoms with van der Waals surface area (Å²) >= 11 is 0. The van der Waals surface area contributed by atoms with Gasteiger partial charge in [0.05, 0.1) is 20.8 Å². The van der Waals surface area contributed by atoms with E-state index >= 15 is 0 Å². The molecule has 3 aromatic rings. The Balaban J connectivity index is 1.65. The highest BCUT2D eigenvalue weighted by atomic mass is 16.5. The van der Waals surface area contributed by atoms with Gasteiger partial charge in [0.15, 0.2) is 23.1 Å². The molecule has 0 saturated heterocycles. The van der Waals surface area contributed by atoms with Crippen molar-refractivity contribution in [1.82, 2.24) is 10.9 Å². The lowest BCUT2D eigenvalue weighted by molar-refractivity contribution is -0.129. The number of hydrogen-bond donors (Lipinski definition) is 3. The van der Waals surface area contributed by atoms with Crippen LogP contribution in [-0.2, 0) is 16.1 Å². The minimum Gasteiger partial charge on any atom is -0.494 e. The standard InChI is InChI=1S/C31H34N6O6/c1-4-16-31(30(39)36-33-20-21-10-15-26(40-2)27(19-21)41-3)28(24-8-5-6-9-25(24)35-37-32)43-29(34-31)22-11-13-23(14-12-22)42-18-7-17-38/h4-6,8-15,19,28,33,38H,1,7,16-18,20H2,2-3H3,(H,36,39)/t28-,31-/m0/s1. The molecule has 0 saturated carbocycles. The van der Waals surface area contributed by atoms with Gasteiger partial charge in [-0.1, -0.05) is 41.5 Å². The Morgan fingerprint density at radius 2 is 1.93 bits per heavy atom. The van der Waals surface area contributed by atoms with Crippen molar-refractivity contribution in [3.8, 4) is 17.2 Å². The number of ether oxygens (including phenoxy) is 4. The van der Waals surface area contributed by atoms with Crippen molar-refractivity contribution in [3.63, 3.8) is 0 Å². The Kier molecular flexibility index (Phi) is 10.6. The highest BCUT2D eigenvalue weighted by Crippen LogP contribution is 2.45. The van der Waals surface area contributed by atoms with Crippen molar-refractivity contribution in [2.75, 3.05) is 27.4 Å². The fraction of sp³-hybridized carbons (Fsp3) is 0.290. The highest BCUT2D eigenvalue weighted by Gasteiger charge is 2.53. The zero-order chi connectivity index (χ0) is 30.7. The summed E-state index contributed by atoms with van der Waals surface area (Å²) in [6, 6.07) is 19.4. The van der Waals surface area contributed by atoms with Gasteiger partial charge in [-0.05, 0) is 47.5 Å². The Hall–Kier alpha value is -5.03. The summed E-state index contributed by atoms with van der Waals surface area (Å²) < 4.78 is 22.7. The van der Waals surface area contributed by atoms with Crippen LogP contribution in [0.5, 0.6) is 17.2 Å². The molecule has 12 heteroatoms. The molecule has 1 aliphatic rings. The largest absolute Gasteiger partial charge is 0.494 e. The van der Waals surface area contributed by atoms with Gasteiger partial charge in [-0.2, -0.15) is 0 Å². The topological polar surface area (TPSA) is 159 Å². The molecule has 3 N–H and O–H groups in total. The van der Waals surface area contributed by atoms with Crippen LogP contribution in [0.1, 0.15) is 35.6 Å². The molecule has 0 spiro atoms. The number of aliphatic hydroxyl groups is 1. The van der Waals surface area contributed by atoms with Crippen LogP contribution in [0.3, 0.4) is 0 Å². The summed E-state index contributed by atoms with van der Waals surface area (Å²) in [4.78, 5) is 21.8. The predicted molar refractivity (Wildman–Crippen MR) is 161 cm³/mol. The number of hydrazine groups is 1. The molecule has 1 heterocycles. The number of rotatable bonds is 15. The molecule has 1 amide bonds. The van der Waals surface area contributed by atoms with Gasteiger partial charge in [0, 0.05) is 47.7 Å². The lowest BCUT2D eigenvalue weighted by Gasteiger charge is -2.30. The van der Waals surface area contributed by atoms with Crippen LogP contribution in [0.2, 0.25) is 0 Å². The number of amides is 1. The third-order valence-electron chi connectivity index (χ3n) is 6.80. The van der Waals surface area contributed by atoms with Gasteiger partial charge >= 0.3 is 0 Å². The molecule has 0 unspecified atom stereocenters. The Morgan fingerprint density at radius 1 is 1.16 bits per heavy atom. The average Bonchev–Trinajstić information content (AvgIpc) is 3.42. The summed E-state index contributed by atoms with van der Waals surface area (Å²) in [7, 11) is 3.11. The summed E-state index contributed by atoms with van der Waals surface area (Å²) in [5, 5.41) is 12.8. The average molecular weight is 587 g/mol. The lowest BCUT2D eigenvalue weighted by Crippen LogP contribution is -2.52. The van der Waals surface area contributed by atoms with Crippen LogP contribution >= 0.6 is 0 Å². The number of hydrogen-bond acceptors (Lipinski definition) is 9. The van der Waals surface area contributed by atoms with Gasteiger partial charge in [-0.15, -0.1) is 6.58 Å². The van der Waals surface area contributed by atoms with Gasteiger partial charge in [0.25, 0.3) is 5.91 Å². The second-order valence-electron chi connectivity index (χ2n) is 9.53. The molecule has 1 aliphatic heterocycles. The van der Waals surface area contributed by atoms with Crippen LogP contribution in [0, 0.1) is 0 Å². The SMILES string of the molecule is C=CC[C@]1(C(=O)NNCc2ccc(OC)c(OC)c2)N=C(c2ccc(OCCCO)cc2)O[C@H]1c1ccccc1N=[N+]=[N-]. The first-order valence-electron chi connectivity index (χ1n) is 13.6. The minimum absolute atomic E-state index is 0.0397. The van der Waals surface area contributed by atoms with E-state index < -0.39 is 17.6 Å². The molecule has 0 radical (unpaired) electrons. The second kappa shape index (κ2) is 14.7.